The zero-order chi connectivity index (χ0) is 13.2. The molecule has 0 aromatic heterocycles. The minimum Gasteiger partial charge on any atom is -0.313 e. The van der Waals surface area contributed by atoms with E-state index in [0.29, 0.717) is 11.5 Å². The molecule has 0 bridgehead atoms. The van der Waals surface area contributed by atoms with Crippen molar-refractivity contribution in [3.05, 3.63) is 0 Å². The Bertz CT molecular complexity index is 250. The van der Waals surface area contributed by atoms with Crippen molar-refractivity contribution < 1.29 is 0 Å². The predicted molar refractivity (Wildman–Crippen MR) is 78.0 cm³/mol. The van der Waals surface area contributed by atoms with E-state index in [1.807, 2.05) is 0 Å². The van der Waals surface area contributed by atoms with Gasteiger partial charge < -0.3 is 10.2 Å². The summed E-state index contributed by atoms with van der Waals surface area (Å²) in [6.45, 7) is 16.8. The van der Waals surface area contributed by atoms with Crippen LogP contribution in [0, 0.1) is 5.41 Å². The molecule has 0 radical (unpaired) electrons. The van der Waals surface area contributed by atoms with Gasteiger partial charge in [0.25, 0.3) is 0 Å². The molecule has 0 unspecified atom stereocenters. The Labute approximate surface area is 113 Å². The van der Waals surface area contributed by atoms with Gasteiger partial charge in [0.2, 0.25) is 0 Å². The van der Waals surface area contributed by atoms with E-state index in [-0.39, 0.29) is 0 Å². The quantitative estimate of drug-likeness (QED) is 0.778. The van der Waals surface area contributed by atoms with Crippen molar-refractivity contribution in [2.45, 2.75) is 52.6 Å². The molecular weight excluding hydrogens is 222 g/mol. The average Bonchev–Trinajstić information content (AvgIpc) is 3.10. The van der Waals surface area contributed by atoms with Gasteiger partial charge in [-0.2, -0.15) is 0 Å². The molecule has 2 rings (SSSR count). The van der Waals surface area contributed by atoms with Crippen LogP contribution >= 0.6 is 0 Å². The Morgan fingerprint density at radius 3 is 2.22 bits per heavy atom. The number of rotatable bonds is 6. The number of piperazine rings is 1. The lowest BCUT2D eigenvalue weighted by Gasteiger charge is -2.40. The molecule has 1 saturated carbocycles. The first kappa shape index (κ1) is 14.3. The summed E-state index contributed by atoms with van der Waals surface area (Å²) < 4.78 is 0. The van der Waals surface area contributed by atoms with Crippen LogP contribution in [0.15, 0.2) is 0 Å². The molecule has 1 N–H and O–H groups in total. The van der Waals surface area contributed by atoms with Gasteiger partial charge in [0.1, 0.15) is 0 Å². The fourth-order valence-corrected chi connectivity index (χ4v) is 2.81. The molecule has 2 aliphatic rings. The van der Waals surface area contributed by atoms with E-state index >= 15 is 0 Å². The third-order valence-corrected chi connectivity index (χ3v) is 4.24. The van der Waals surface area contributed by atoms with Crippen LogP contribution in [-0.4, -0.2) is 61.2 Å². The fraction of sp³-hybridized carbons (Fsp3) is 1.00. The van der Waals surface area contributed by atoms with Crippen LogP contribution in [0.2, 0.25) is 0 Å². The van der Waals surface area contributed by atoms with Crippen molar-refractivity contribution in [1.29, 1.82) is 0 Å². The Hall–Kier alpha value is -0.120. The molecule has 18 heavy (non-hydrogen) atoms. The predicted octanol–water partition coefficient (Wildman–Crippen LogP) is 1.79. The third-order valence-electron chi connectivity index (χ3n) is 4.24. The van der Waals surface area contributed by atoms with E-state index in [1.165, 1.54) is 52.1 Å². The molecule has 0 spiro atoms. The van der Waals surface area contributed by atoms with Crippen molar-refractivity contribution in [2.24, 2.45) is 5.41 Å². The van der Waals surface area contributed by atoms with Crippen LogP contribution in [0.25, 0.3) is 0 Å². The minimum absolute atomic E-state index is 0.405. The first-order chi connectivity index (χ1) is 8.46. The van der Waals surface area contributed by atoms with Crippen molar-refractivity contribution in [1.82, 2.24) is 15.1 Å². The molecule has 3 heteroatoms. The highest BCUT2D eigenvalue weighted by Crippen LogP contribution is 2.23. The molecule has 0 aromatic rings. The third kappa shape index (κ3) is 4.52. The average molecular weight is 253 g/mol. The number of nitrogens with one attached hydrogen (secondary N) is 1. The van der Waals surface area contributed by atoms with Gasteiger partial charge in [-0.1, -0.05) is 13.8 Å². The zero-order valence-electron chi connectivity index (χ0n) is 12.7. The van der Waals surface area contributed by atoms with E-state index in [9.17, 15) is 0 Å². The molecule has 0 amide bonds. The summed E-state index contributed by atoms with van der Waals surface area (Å²) >= 11 is 0. The van der Waals surface area contributed by atoms with Gasteiger partial charge in [0, 0.05) is 51.4 Å². The summed E-state index contributed by atoms with van der Waals surface area (Å²) in [5.74, 6) is 0. The van der Waals surface area contributed by atoms with E-state index in [1.54, 1.807) is 0 Å². The maximum absolute atomic E-state index is 3.68. The Morgan fingerprint density at radius 1 is 1.11 bits per heavy atom. The molecule has 1 aliphatic carbocycles. The van der Waals surface area contributed by atoms with Crippen molar-refractivity contribution in [3.63, 3.8) is 0 Å². The lowest BCUT2D eigenvalue weighted by molar-refractivity contribution is 0.0800. The summed E-state index contributed by atoms with van der Waals surface area (Å²) in [5.41, 5.74) is 0.405. The molecule has 106 valence electrons. The summed E-state index contributed by atoms with van der Waals surface area (Å²) in [7, 11) is 0. The van der Waals surface area contributed by atoms with Crippen LogP contribution in [0.4, 0.5) is 0 Å². The van der Waals surface area contributed by atoms with E-state index in [0.717, 1.165) is 6.04 Å². The smallest absolute Gasteiger partial charge is 0.0113 e. The SMILES string of the molecule is CC(C)N1CCN(CC(C)(C)CNC2CC2)CC1. The number of hydrogen-bond donors (Lipinski definition) is 1. The second-order valence-corrected chi connectivity index (χ2v) is 7.23. The highest BCUT2D eigenvalue weighted by atomic mass is 15.3. The molecule has 0 aromatic carbocycles. The van der Waals surface area contributed by atoms with Crippen LogP contribution < -0.4 is 5.32 Å². The van der Waals surface area contributed by atoms with Gasteiger partial charge in [-0.15, -0.1) is 0 Å². The molecule has 1 aliphatic heterocycles. The first-order valence-electron chi connectivity index (χ1n) is 7.66. The molecule has 0 atom stereocenters. The van der Waals surface area contributed by atoms with Gasteiger partial charge in [-0.25, -0.2) is 0 Å². The van der Waals surface area contributed by atoms with Gasteiger partial charge in [0.05, 0.1) is 0 Å². The largest absolute Gasteiger partial charge is 0.313 e. The van der Waals surface area contributed by atoms with Crippen LogP contribution in [0.3, 0.4) is 0 Å². The maximum atomic E-state index is 3.68. The Kier molecular flexibility index (Phi) is 4.68. The van der Waals surface area contributed by atoms with E-state index < -0.39 is 0 Å². The fourth-order valence-electron chi connectivity index (χ4n) is 2.81. The lowest BCUT2D eigenvalue weighted by Crippen LogP contribution is -2.52. The van der Waals surface area contributed by atoms with Gasteiger partial charge in [-0.3, -0.25) is 4.90 Å². The summed E-state index contributed by atoms with van der Waals surface area (Å²) in [4.78, 5) is 5.24. The minimum atomic E-state index is 0.405. The second-order valence-electron chi connectivity index (χ2n) is 7.23. The zero-order valence-corrected chi connectivity index (χ0v) is 12.7. The van der Waals surface area contributed by atoms with Crippen LogP contribution in [0.5, 0.6) is 0 Å². The summed E-state index contributed by atoms with van der Waals surface area (Å²) in [6, 6.07) is 1.54. The molecule has 1 heterocycles. The standard InChI is InChI=1S/C15H31N3/c1-13(2)18-9-7-17(8-10-18)12-15(3,4)11-16-14-5-6-14/h13-14,16H,5-12H2,1-4H3. The van der Waals surface area contributed by atoms with Gasteiger partial charge >= 0.3 is 0 Å². The number of hydrogen-bond acceptors (Lipinski definition) is 3. The highest BCUT2D eigenvalue weighted by molar-refractivity contribution is 4.86. The first-order valence-corrected chi connectivity index (χ1v) is 7.66. The summed E-state index contributed by atoms with van der Waals surface area (Å²) in [5, 5.41) is 3.68. The van der Waals surface area contributed by atoms with Crippen molar-refractivity contribution in [3.8, 4) is 0 Å². The maximum Gasteiger partial charge on any atom is 0.0113 e. The van der Waals surface area contributed by atoms with Crippen LogP contribution in [-0.2, 0) is 0 Å². The molecular formula is C15H31N3. The van der Waals surface area contributed by atoms with Gasteiger partial charge in [-0.05, 0) is 32.1 Å². The van der Waals surface area contributed by atoms with Gasteiger partial charge in [0.15, 0.2) is 0 Å². The monoisotopic (exact) mass is 253 g/mol. The molecule has 2 fully saturated rings. The van der Waals surface area contributed by atoms with Crippen molar-refractivity contribution >= 4 is 0 Å². The number of nitrogens with zero attached hydrogens (tertiary/aromatic N) is 2. The van der Waals surface area contributed by atoms with E-state index in [2.05, 4.69) is 42.8 Å². The molecule has 1 saturated heterocycles. The van der Waals surface area contributed by atoms with Crippen molar-refractivity contribution in [2.75, 3.05) is 39.3 Å². The Morgan fingerprint density at radius 2 is 1.72 bits per heavy atom. The lowest BCUT2D eigenvalue weighted by atomic mass is 9.92. The second kappa shape index (κ2) is 5.89. The normalized spacial score (nSPS) is 23.8. The topological polar surface area (TPSA) is 18.5 Å². The summed E-state index contributed by atoms with van der Waals surface area (Å²) in [6.07, 6.45) is 2.78. The highest BCUT2D eigenvalue weighted by Gasteiger charge is 2.28. The van der Waals surface area contributed by atoms with Crippen LogP contribution in [0.1, 0.15) is 40.5 Å². The van der Waals surface area contributed by atoms with E-state index in [4.69, 9.17) is 0 Å². The molecule has 3 nitrogen and oxygen atoms in total. The Balaban J connectivity index is 1.68.